The number of rotatable bonds is 5. The number of carboxylic acid groups (broad SMARTS) is 1. The van der Waals surface area contributed by atoms with Crippen LogP contribution in [0.15, 0.2) is 48.8 Å². The Morgan fingerprint density at radius 2 is 1.79 bits per heavy atom. The van der Waals surface area contributed by atoms with Crippen LogP contribution in [0.4, 0.5) is 0 Å². The molecule has 2 atom stereocenters. The highest BCUT2D eigenvalue weighted by molar-refractivity contribution is 5.70. The van der Waals surface area contributed by atoms with Crippen LogP contribution in [0.2, 0.25) is 0 Å². The van der Waals surface area contributed by atoms with Gasteiger partial charge in [0.2, 0.25) is 0 Å². The Morgan fingerprint density at radius 3 is 2.32 bits per heavy atom. The summed E-state index contributed by atoms with van der Waals surface area (Å²) in [5, 5.41) is 18.6. The molecule has 2 unspecified atom stereocenters. The van der Waals surface area contributed by atoms with Crippen molar-refractivity contribution in [1.29, 1.82) is 0 Å². The molecule has 0 radical (unpaired) electrons. The summed E-state index contributed by atoms with van der Waals surface area (Å²) in [6.45, 7) is 1.52. The predicted molar refractivity (Wildman–Crippen MR) is 72.3 cm³/mol. The summed E-state index contributed by atoms with van der Waals surface area (Å²) < 4.78 is 1.99. The molecule has 0 aliphatic heterocycles. The Labute approximate surface area is 111 Å². The summed E-state index contributed by atoms with van der Waals surface area (Å²) in [6, 6.07) is 11.6. The minimum Gasteiger partial charge on any atom is -0.481 e. The quantitative estimate of drug-likeness (QED) is 0.864. The summed E-state index contributed by atoms with van der Waals surface area (Å²) in [6.07, 6.45) is 3.39. The van der Waals surface area contributed by atoms with E-state index in [1.54, 1.807) is 0 Å². The summed E-state index contributed by atoms with van der Waals surface area (Å²) in [5.41, 5.74) is 1.96. The van der Waals surface area contributed by atoms with Crippen LogP contribution in [0.5, 0.6) is 0 Å². The van der Waals surface area contributed by atoms with E-state index in [1.807, 2.05) is 53.4 Å². The Bertz CT molecular complexity index is 531. The fourth-order valence-corrected chi connectivity index (χ4v) is 1.89. The van der Waals surface area contributed by atoms with E-state index in [9.17, 15) is 9.90 Å². The summed E-state index contributed by atoms with van der Waals surface area (Å²) in [4.78, 5) is 10.8. The lowest BCUT2D eigenvalue weighted by Gasteiger charge is -2.15. The van der Waals surface area contributed by atoms with E-state index >= 15 is 0 Å². The van der Waals surface area contributed by atoms with Crippen molar-refractivity contribution in [1.82, 2.24) is 4.57 Å². The van der Waals surface area contributed by atoms with E-state index in [2.05, 4.69) is 0 Å². The Hall–Kier alpha value is -2.07. The number of aliphatic hydroxyl groups excluding tert-OH is 1. The van der Waals surface area contributed by atoms with Crippen LogP contribution in [0.1, 0.15) is 12.5 Å². The van der Waals surface area contributed by atoms with Crippen LogP contribution in [0, 0.1) is 5.92 Å². The lowest BCUT2D eigenvalue weighted by Crippen LogP contribution is -2.27. The second kappa shape index (κ2) is 5.71. The van der Waals surface area contributed by atoms with Crippen molar-refractivity contribution in [2.45, 2.75) is 19.4 Å². The zero-order valence-electron chi connectivity index (χ0n) is 10.7. The van der Waals surface area contributed by atoms with E-state index in [-0.39, 0.29) is 0 Å². The van der Waals surface area contributed by atoms with Crippen LogP contribution >= 0.6 is 0 Å². The molecule has 0 fully saturated rings. The normalized spacial score (nSPS) is 14.0. The number of benzene rings is 1. The molecule has 4 heteroatoms. The lowest BCUT2D eigenvalue weighted by atomic mass is 9.98. The first kappa shape index (κ1) is 13.4. The first-order valence-electron chi connectivity index (χ1n) is 6.21. The van der Waals surface area contributed by atoms with Gasteiger partial charge in [0.25, 0.3) is 0 Å². The highest BCUT2D eigenvalue weighted by atomic mass is 16.4. The van der Waals surface area contributed by atoms with Gasteiger partial charge in [-0.05, 0) is 43.2 Å². The van der Waals surface area contributed by atoms with Gasteiger partial charge in [-0.1, -0.05) is 12.1 Å². The van der Waals surface area contributed by atoms with Gasteiger partial charge in [0.15, 0.2) is 0 Å². The number of hydrogen-bond acceptors (Lipinski definition) is 2. The topological polar surface area (TPSA) is 62.5 Å². The van der Waals surface area contributed by atoms with E-state index < -0.39 is 18.0 Å². The second-order valence-corrected chi connectivity index (χ2v) is 4.66. The molecule has 1 heterocycles. The molecule has 0 amide bonds. The molecule has 2 rings (SSSR count). The molecule has 0 saturated heterocycles. The van der Waals surface area contributed by atoms with Crippen molar-refractivity contribution < 1.29 is 15.0 Å². The van der Waals surface area contributed by atoms with Gasteiger partial charge < -0.3 is 14.8 Å². The third-order valence-electron chi connectivity index (χ3n) is 3.25. The minimum atomic E-state index is -0.975. The first-order chi connectivity index (χ1) is 9.08. The zero-order chi connectivity index (χ0) is 13.8. The Balaban J connectivity index is 2.05. The molecule has 0 aliphatic rings. The molecule has 1 aromatic carbocycles. The number of hydrogen-bond donors (Lipinski definition) is 2. The van der Waals surface area contributed by atoms with Gasteiger partial charge in [-0.3, -0.25) is 4.79 Å². The van der Waals surface area contributed by atoms with Crippen molar-refractivity contribution >= 4 is 5.97 Å². The molecule has 0 bridgehead atoms. The molecule has 2 aromatic rings. The van der Waals surface area contributed by atoms with Crippen molar-refractivity contribution in [2.24, 2.45) is 5.92 Å². The Kier molecular flexibility index (Phi) is 4.02. The number of nitrogens with zero attached hydrogens (tertiary/aromatic N) is 1. The molecule has 4 nitrogen and oxygen atoms in total. The summed E-state index contributed by atoms with van der Waals surface area (Å²) in [5.74, 6) is -1.74. The lowest BCUT2D eigenvalue weighted by molar-refractivity contribution is -0.144. The van der Waals surface area contributed by atoms with Crippen LogP contribution < -0.4 is 0 Å². The number of aliphatic hydroxyl groups is 1. The zero-order valence-corrected chi connectivity index (χ0v) is 10.7. The molecule has 19 heavy (non-hydrogen) atoms. The molecule has 0 saturated carbocycles. The fraction of sp³-hybridized carbons (Fsp3) is 0.267. The van der Waals surface area contributed by atoms with Crippen LogP contribution in [0.3, 0.4) is 0 Å². The third kappa shape index (κ3) is 3.23. The van der Waals surface area contributed by atoms with Crippen molar-refractivity contribution in [2.75, 3.05) is 0 Å². The summed E-state index contributed by atoms with van der Waals surface area (Å²) >= 11 is 0. The van der Waals surface area contributed by atoms with E-state index in [0.717, 1.165) is 11.3 Å². The van der Waals surface area contributed by atoms with Gasteiger partial charge in [0.05, 0.1) is 12.0 Å². The largest absolute Gasteiger partial charge is 0.481 e. The van der Waals surface area contributed by atoms with E-state index in [0.29, 0.717) is 6.42 Å². The fourth-order valence-electron chi connectivity index (χ4n) is 1.89. The van der Waals surface area contributed by atoms with Crippen LogP contribution in [0.25, 0.3) is 5.69 Å². The van der Waals surface area contributed by atoms with Gasteiger partial charge in [0, 0.05) is 18.1 Å². The van der Waals surface area contributed by atoms with Crippen LogP contribution in [-0.2, 0) is 11.2 Å². The predicted octanol–water partition coefficient (Wildman–Crippen LogP) is 2.10. The SMILES string of the molecule is CC(C(=O)O)C(O)Cc1ccc(-n2cccc2)cc1. The van der Waals surface area contributed by atoms with E-state index in [4.69, 9.17) is 5.11 Å². The number of aliphatic carboxylic acids is 1. The maximum atomic E-state index is 10.8. The standard InChI is InChI=1S/C15H17NO3/c1-11(15(18)19)14(17)10-12-4-6-13(7-5-12)16-8-2-3-9-16/h2-9,11,14,17H,10H2,1H3,(H,18,19). The monoisotopic (exact) mass is 259 g/mol. The van der Waals surface area contributed by atoms with Crippen molar-refractivity contribution in [3.05, 3.63) is 54.4 Å². The Morgan fingerprint density at radius 1 is 1.21 bits per heavy atom. The number of carboxylic acids is 1. The van der Waals surface area contributed by atoms with Gasteiger partial charge in [-0.25, -0.2) is 0 Å². The third-order valence-corrected chi connectivity index (χ3v) is 3.25. The molecule has 100 valence electrons. The first-order valence-corrected chi connectivity index (χ1v) is 6.21. The van der Waals surface area contributed by atoms with E-state index in [1.165, 1.54) is 6.92 Å². The maximum absolute atomic E-state index is 10.8. The minimum absolute atomic E-state index is 0.347. The molecule has 2 N–H and O–H groups in total. The molecule has 0 spiro atoms. The number of carbonyl (C=O) groups is 1. The average molecular weight is 259 g/mol. The van der Waals surface area contributed by atoms with Gasteiger partial charge in [-0.15, -0.1) is 0 Å². The van der Waals surface area contributed by atoms with Crippen LogP contribution in [-0.4, -0.2) is 26.9 Å². The van der Waals surface area contributed by atoms with Crippen molar-refractivity contribution in [3.8, 4) is 5.69 Å². The highest BCUT2D eigenvalue weighted by Gasteiger charge is 2.21. The second-order valence-electron chi connectivity index (χ2n) is 4.66. The molecule has 0 aliphatic carbocycles. The molecular formula is C15H17NO3. The van der Waals surface area contributed by atoms with Gasteiger partial charge >= 0.3 is 5.97 Å². The van der Waals surface area contributed by atoms with Gasteiger partial charge in [0.1, 0.15) is 0 Å². The van der Waals surface area contributed by atoms with Gasteiger partial charge in [-0.2, -0.15) is 0 Å². The highest BCUT2D eigenvalue weighted by Crippen LogP contribution is 2.14. The molecular weight excluding hydrogens is 242 g/mol. The van der Waals surface area contributed by atoms with Crippen molar-refractivity contribution in [3.63, 3.8) is 0 Å². The smallest absolute Gasteiger partial charge is 0.308 e. The molecule has 1 aromatic heterocycles. The summed E-state index contributed by atoms with van der Waals surface area (Å²) in [7, 11) is 0. The average Bonchev–Trinajstić information content (AvgIpc) is 2.92. The maximum Gasteiger partial charge on any atom is 0.308 e. The number of aromatic nitrogens is 1.